The molecule has 0 saturated carbocycles. The highest BCUT2D eigenvalue weighted by molar-refractivity contribution is 6.32. The third-order valence-electron chi connectivity index (χ3n) is 2.11. The highest BCUT2D eigenvalue weighted by Crippen LogP contribution is 2.22. The molecule has 90 valence electrons. The fraction of sp³-hybridized carbons (Fsp3) is 0.500. The van der Waals surface area contributed by atoms with E-state index in [1.54, 1.807) is 7.11 Å². The minimum atomic E-state index is 0.333. The molecule has 0 heterocycles. The molecule has 1 atom stereocenters. The average Bonchev–Trinajstić information content (AvgIpc) is 2.27. The molecule has 0 aliphatic heterocycles. The minimum absolute atomic E-state index is 0.333. The zero-order chi connectivity index (χ0) is 11.8. The highest BCUT2D eigenvalue weighted by Gasteiger charge is 2.01. The van der Waals surface area contributed by atoms with E-state index in [2.05, 4.69) is 12.2 Å². The first-order valence-electron chi connectivity index (χ1n) is 5.33. The van der Waals surface area contributed by atoms with Crippen LogP contribution in [0.4, 0.5) is 0 Å². The Kier molecular flexibility index (Phi) is 6.23. The lowest BCUT2D eigenvalue weighted by atomic mass is 10.3. The summed E-state index contributed by atoms with van der Waals surface area (Å²) < 4.78 is 10.5. The van der Waals surface area contributed by atoms with Crippen molar-refractivity contribution in [2.45, 2.75) is 13.0 Å². The van der Waals surface area contributed by atoms with Crippen molar-refractivity contribution in [2.24, 2.45) is 0 Å². The van der Waals surface area contributed by atoms with Crippen LogP contribution in [-0.4, -0.2) is 32.9 Å². The smallest absolute Gasteiger partial charge is 0.137 e. The number of benzene rings is 1. The molecule has 0 radical (unpaired) electrons. The van der Waals surface area contributed by atoms with Crippen LogP contribution in [0.3, 0.4) is 0 Å². The van der Waals surface area contributed by atoms with Gasteiger partial charge in [0.15, 0.2) is 0 Å². The number of methoxy groups -OCH3 is 1. The highest BCUT2D eigenvalue weighted by atomic mass is 35.5. The zero-order valence-electron chi connectivity index (χ0n) is 9.70. The number of rotatable bonds is 7. The molecule has 1 N–H and O–H groups in total. The van der Waals surface area contributed by atoms with E-state index in [4.69, 9.17) is 21.1 Å². The minimum Gasteiger partial charge on any atom is -0.491 e. The van der Waals surface area contributed by atoms with Crippen molar-refractivity contribution in [3.63, 3.8) is 0 Å². The summed E-state index contributed by atoms with van der Waals surface area (Å²) in [5.74, 6) is 0.727. The summed E-state index contributed by atoms with van der Waals surface area (Å²) in [6.45, 7) is 4.14. The third kappa shape index (κ3) is 4.84. The van der Waals surface area contributed by atoms with Gasteiger partial charge >= 0.3 is 0 Å². The molecule has 1 unspecified atom stereocenters. The molecule has 0 aromatic heterocycles. The summed E-state index contributed by atoms with van der Waals surface area (Å²) in [6.07, 6.45) is 0. The maximum atomic E-state index is 5.95. The van der Waals surface area contributed by atoms with Gasteiger partial charge in [-0.1, -0.05) is 23.7 Å². The van der Waals surface area contributed by atoms with Crippen molar-refractivity contribution in [1.29, 1.82) is 0 Å². The van der Waals surface area contributed by atoms with Crippen LogP contribution in [0.2, 0.25) is 5.02 Å². The van der Waals surface area contributed by atoms with E-state index in [0.29, 0.717) is 24.3 Å². The van der Waals surface area contributed by atoms with E-state index in [1.165, 1.54) is 0 Å². The van der Waals surface area contributed by atoms with Crippen LogP contribution < -0.4 is 10.1 Å². The van der Waals surface area contributed by atoms with Crippen LogP contribution in [0.15, 0.2) is 24.3 Å². The summed E-state index contributed by atoms with van der Waals surface area (Å²) in [5.41, 5.74) is 0. The van der Waals surface area contributed by atoms with Gasteiger partial charge in [0.05, 0.1) is 11.6 Å². The van der Waals surface area contributed by atoms with E-state index in [0.717, 1.165) is 12.3 Å². The number of para-hydroxylation sites is 1. The summed E-state index contributed by atoms with van der Waals surface area (Å²) in [5, 5.41) is 3.93. The summed E-state index contributed by atoms with van der Waals surface area (Å²) in [6, 6.07) is 7.80. The van der Waals surface area contributed by atoms with Gasteiger partial charge in [-0.05, 0) is 19.1 Å². The Bertz CT molecular complexity index is 307. The van der Waals surface area contributed by atoms with Gasteiger partial charge in [-0.15, -0.1) is 0 Å². The Morgan fingerprint density at radius 1 is 1.38 bits per heavy atom. The fourth-order valence-corrected chi connectivity index (χ4v) is 1.53. The predicted octanol–water partition coefficient (Wildman–Crippen LogP) is 2.34. The van der Waals surface area contributed by atoms with E-state index in [1.807, 2.05) is 24.3 Å². The SMILES string of the molecule is COCC(C)NCCOc1ccccc1Cl. The van der Waals surface area contributed by atoms with Gasteiger partial charge in [0.2, 0.25) is 0 Å². The van der Waals surface area contributed by atoms with Crippen molar-refractivity contribution in [1.82, 2.24) is 5.32 Å². The van der Waals surface area contributed by atoms with E-state index < -0.39 is 0 Å². The molecule has 1 rings (SSSR count). The van der Waals surface area contributed by atoms with Gasteiger partial charge in [0, 0.05) is 19.7 Å². The van der Waals surface area contributed by atoms with Gasteiger partial charge in [-0.25, -0.2) is 0 Å². The molecule has 0 fully saturated rings. The lowest BCUT2D eigenvalue weighted by Crippen LogP contribution is -2.33. The van der Waals surface area contributed by atoms with Crippen LogP contribution in [0.1, 0.15) is 6.92 Å². The van der Waals surface area contributed by atoms with Crippen molar-refractivity contribution in [2.75, 3.05) is 26.9 Å². The molecule has 0 spiro atoms. The lowest BCUT2D eigenvalue weighted by Gasteiger charge is -2.13. The van der Waals surface area contributed by atoms with Gasteiger partial charge in [-0.2, -0.15) is 0 Å². The van der Waals surface area contributed by atoms with Crippen LogP contribution in [0.5, 0.6) is 5.75 Å². The van der Waals surface area contributed by atoms with E-state index >= 15 is 0 Å². The van der Waals surface area contributed by atoms with Gasteiger partial charge in [0.25, 0.3) is 0 Å². The van der Waals surface area contributed by atoms with E-state index in [9.17, 15) is 0 Å². The topological polar surface area (TPSA) is 30.5 Å². The molecule has 0 amide bonds. The molecule has 1 aromatic rings. The molecule has 16 heavy (non-hydrogen) atoms. The Labute approximate surface area is 102 Å². The number of hydrogen-bond donors (Lipinski definition) is 1. The standard InChI is InChI=1S/C12H18ClNO2/c1-10(9-15-2)14-7-8-16-12-6-4-3-5-11(12)13/h3-6,10,14H,7-9H2,1-2H3. The Balaban J connectivity index is 2.19. The summed E-state index contributed by atoms with van der Waals surface area (Å²) >= 11 is 5.95. The van der Waals surface area contributed by atoms with Crippen LogP contribution >= 0.6 is 11.6 Å². The van der Waals surface area contributed by atoms with Crippen LogP contribution in [0.25, 0.3) is 0 Å². The van der Waals surface area contributed by atoms with Crippen molar-refractivity contribution < 1.29 is 9.47 Å². The van der Waals surface area contributed by atoms with Crippen LogP contribution in [0, 0.1) is 0 Å². The maximum Gasteiger partial charge on any atom is 0.137 e. The van der Waals surface area contributed by atoms with Gasteiger partial charge in [-0.3, -0.25) is 0 Å². The summed E-state index contributed by atoms with van der Waals surface area (Å²) in [7, 11) is 1.69. The molecule has 3 nitrogen and oxygen atoms in total. The number of hydrogen-bond acceptors (Lipinski definition) is 3. The molecule has 1 aromatic carbocycles. The normalized spacial score (nSPS) is 12.4. The molecular formula is C12H18ClNO2. The van der Waals surface area contributed by atoms with Gasteiger partial charge < -0.3 is 14.8 Å². The molecular weight excluding hydrogens is 226 g/mol. The second-order valence-electron chi connectivity index (χ2n) is 3.59. The monoisotopic (exact) mass is 243 g/mol. The molecule has 0 aliphatic carbocycles. The first-order chi connectivity index (χ1) is 7.74. The van der Waals surface area contributed by atoms with Crippen molar-refractivity contribution in [3.8, 4) is 5.75 Å². The molecule has 4 heteroatoms. The van der Waals surface area contributed by atoms with Gasteiger partial charge in [0.1, 0.15) is 12.4 Å². The maximum absolute atomic E-state index is 5.95. The van der Waals surface area contributed by atoms with Crippen LogP contribution in [-0.2, 0) is 4.74 Å². The second-order valence-corrected chi connectivity index (χ2v) is 4.00. The predicted molar refractivity (Wildman–Crippen MR) is 66.3 cm³/mol. The Hall–Kier alpha value is -0.770. The second kappa shape index (κ2) is 7.49. The van der Waals surface area contributed by atoms with Crippen molar-refractivity contribution >= 4 is 11.6 Å². The first-order valence-corrected chi connectivity index (χ1v) is 5.71. The number of halogens is 1. The average molecular weight is 244 g/mol. The Morgan fingerprint density at radius 3 is 2.81 bits per heavy atom. The largest absolute Gasteiger partial charge is 0.491 e. The fourth-order valence-electron chi connectivity index (χ4n) is 1.34. The zero-order valence-corrected chi connectivity index (χ0v) is 10.5. The van der Waals surface area contributed by atoms with E-state index in [-0.39, 0.29) is 0 Å². The molecule has 0 bridgehead atoms. The van der Waals surface area contributed by atoms with Crippen molar-refractivity contribution in [3.05, 3.63) is 29.3 Å². The number of ether oxygens (including phenoxy) is 2. The Morgan fingerprint density at radius 2 is 2.12 bits per heavy atom. The first kappa shape index (κ1) is 13.3. The lowest BCUT2D eigenvalue weighted by molar-refractivity contribution is 0.169. The molecule has 0 saturated heterocycles. The summed E-state index contributed by atoms with van der Waals surface area (Å²) in [4.78, 5) is 0. The third-order valence-corrected chi connectivity index (χ3v) is 2.42. The molecule has 0 aliphatic rings. The quantitative estimate of drug-likeness (QED) is 0.746. The number of nitrogens with one attached hydrogen (secondary N) is 1.